The van der Waals surface area contributed by atoms with E-state index in [1.165, 1.54) is 6.07 Å². The average Bonchev–Trinajstić information content (AvgIpc) is 3.05. The fraction of sp³-hybridized carbons (Fsp3) is 0.222. The van der Waals surface area contributed by atoms with E-state index in [1.807, 2.05) is 13.0 Å². The van der Waals surface area contributed by atoms with E-state index in [9.17, 15) is 9.18 Å². The van der Waals surface area contributed by atoms with Crippen LogP contribution in [0.4, 0.5) is 10.1 Å². The first-order valence-corrected chi connectivity index (χ1v) is 7.65. The van der Waals surface area contributed by atoms with E-state index in [-0.39, 0.29) is 19.1 Å². The number of fused-ring (bicyclic) bond motifs is 1. The highest BCUT2D eigenvalue weighted by atomic mass is 19.1. The van der Waals surface area contributed by atoms with Gasteiger partial charge in [0.1, 0.15) is 5.82 Å². The molecule has 1 N–H and O–H groups in total. The summed E-state index contributed by atoms with van der Waals surface area (Å²) in [7, 11) is 0. The molecule has 1 aliphatic heterocycles. The molecule has 1 amide bonds. The monoisotopic (exact) mass is 344 g/mol. The first-order valence-electron chi connectivity index (χ1n) is 7.65. The lowest BCUT2D eigenvalue weighted by Crippen LogP contribution is -2.18. The van der Waals surface area contributed by atoms with Crippen molar-refractivity contribution in [1.29, 1.82) is 0 Å². The molecule has 7 heteroatoms. The molecule has 0 fully saturated rings. The number of ether oxygens (including phenoxy) is 2. The zero-order valence-corrected chi connectivity index (χ0v) is 13.8. The molecule has 6 nitrogen and oxygen atoms in total. The van der Waals surface area contributed by atoms with E-state index in [2.05, 4.69) is 10.5 Å². The van der Waals surface area contributed by atoms with Gasteiger partial charge in [-0.25, -0.2) is 4.39 Å². The van der Waals surface area contributed by atoms with Crippen LogP contribution in [0.3, 0.4) is 0 Å². The molecular weight excluding hydrogens is 327 g/mol. The first kappa shape index (κ1) is 16.8. The molecule has 1 heterocycles. The third kappa shape index (κ3) is 4.06. The number of hydrogen-bond acceptors (Lipinski definition) is 5. The van der Waals surface area contributed by atoms with Gasteiger partial charge in [-0.2, -0.15) is 0 Å². The van der Waals surface area contributed by atoms with E-state index in [0.717, 1.165) is 11.1 Å². The Balaban J connectivity index is 1.57. The highest BCUT2D eigenvalue weighted by molar-refractivity contribution is 5.99. The average molecular weight is 344 g/mol. The summed E-state index contributed by atoms with van der Waals surface area (Å²) >= 11 is 0. The molecule has 3 rings (SSSR count). The third-order valence-corrected chi connectivity index (χ3v) is 3.58. The van der Waals surface area contributed by atoms with Gasteiger partial charge < -0.3 is 19.6 Å². The maximum absolute atomic E-state index is 13.6. The topological polar surface area (TPSA) is 69.2 Å². The number of halogens is 1. The number of carbonyl (C=O) groups is 1. The van der Waals surface area contributed by atoms with Crippen LogP contribution in [0.5, 0.6) is 11.5 Å². The lowest BCUT2D eigenvalue weighted by molar-refractivity contribution is -0.120. The van der Waals surface area contributed by atoms with E-state index in [4.69, 9.17) is 14.3 Å². The third-order valence-electron chi connectivity index (χ3n) is 3.58. The molecule has 0 radical (unpaired) electrons. The second kappa shape index (κ2) is 7.21. The fourth-order valence-corrected chi connectivity index (χ4v) is 2.28. The molecule has 0 aliphatic carbocycles. The van der Waals surface area contributed by atoms with Gasteiger partial charge in [-0.05, 0) is 49.7 Å². The number of anilines is 1. The number of nitrogens with one attached hydrogen (secondary N) is 1. The van der Waals surface area contributed by atoms with Crippen molar-refractivity contribution in [2.45, 2.75) is 13.8 Å². The lowest BCUT2D eigenvalue weighted by atomic mass is 10.1. The predicted octanol–water partition coefficient (Wildman–Crippen LogP) is 3.24. The van der Waals surface area contributed by atoms with Gasteiger partial charge in [0.2, 0.25) is 6.79 Å². The summed E-state index contributed by atoms with van der Waals surface area (Å²) in [6.45, 7) is 3.43. The smallest absolute Gasteiger partial charge is 0.265 e. The van der Waals surface area contributed by atoms with Gasteiger partial charge >= 0.3 is 0 Å². The zero-order valence-electron chi connectivity index (χ0n) is 13.8. The summed E-state index contributed by atoms with van der Waals surface area (Å²) in [6.07, 6.45) is 0. The van der Waals surface area contributed by atoms with Crippen molar-refractivity contribution in [1.82, 2.24) is 0 Å². The summed E-state index contributed by atoms with van der Waals surface area (Å²) in [5, 5.41) is 6.36. The van der Waals surface area contributed by atoms with E-state index < -0.39 is 11.7 Å². The highest BCUT2D eigenvalue weighted by Crippen LogP contribution is 2.32. The van der Waals surface area contributed by atoms with Crippen LogP contribution in [0.25, 0.3) is 0 Å². The van der Waals surface area contributed by atoms with Crippen LogP contribution in [0.15, 0.2) is 41.6 Å². The Labute approximate surface area is 144 Å². The van der Waals surface area contributed by atoms with Gasteiger partial charge in [-0.1, -0.05) is 11.2 Å². The Morgan fingerprint density at radius 2 is 2.04 bits per heavy atom. The van der Waals surface area contributed by atoms with Crippen molar-refractivity contribution in [3.8, 4) is 11.5 Å². The lowest BCUT2D eigenvalue weighted by Gasteiger charge is -2.07. The Morgan fingerprint density at radius 3 is 2.88 bits per heavy atom. The zero-order chi connectivity index (χ0) is 17.8. The van der Waals surface area contributed by atoms with Gasteiger partial charge in [0, 0.05) is 5.56 Å². The van der Waals surface area contributed by atoms with Crippen LogP contribution in [-0.4, -0.2) is 25.0 Å². The van der Waals surface area contributed by atoms with Gasteiger partial charge in [0.15, 0.2) is 18.1 Å². The summed E-state index contributed by atoms with van der Waals surface area (Å²) < 4.78 is 24.2. The first-order chi connectivity index (χ1) is 12.0. The van der Waals surface area contributed by atoms with Crippen LogP contribution >= 0.6 is 0 Å². The van der Waals surface area contributed by atoms with Crippen LogP contribution in [0.2, 0.25) is 0 Å². The molecule has 1 aliphatic rings. The van der Waals surface area contributed by atoms with Gasteiger partial charge in [0.05, 0.1) is 11.4 Å². The summed E-state index contributed by atoms with van der Waals surface area (Å²) in [4.78, 5) is 16.9. The second-order valence-corrected chi connectivity index (χ2v) is 5.55. The number of oxime groups is 1. The fourth-order valence-electron chi connectivity index (χ4n) is 2.28. The number of aryl methyl sites for hydroxylation is 1. The largest absolute Gasteiger partial charge is 0.454 e. The number of benzene rings is 2. The summed E-state index contributed by atoms with van der Waals surface area (Å²) in [5.74, 6) is 0.322. The molecule has 130 valence electrons. The standard InChI is InChI=1S/C18H17FN2O4/c1-11-3-5-14(19)15(7-11)20-18(22)9-25-21-12(2)13-4-6-16-17(8-13)24-10-23-16/h3-8H,9-10H2,1-2H3,(H,20,22)/b21-12+. The van der Waals surface area contributed by atoms with Crippen LogP contribution in [0, 0.1) is 12.7 Å². The molecule has 2 aromatic rings. The normalized spacial score (nSPS) is 12.8. The van der Waals surface area contributed by atoms with Gasteiger partial charge in [0.25, 0.3) is 5.91 Å². The van der Waals surface area contributed by atoms with E-state index in [0.29, 0.717) is 17.2 Å². The minimum atomic E-state index is -0.501. The molecule has 0 aromatic heterocycles. The quantitative estimate of drug-likeness (QED) is 0.668. The number of carbonyl (C=O) groups excluding carboxylic acids is 1. The molecular formula is C18H17FN2O4. The second-order valence-electron chi connectivity index (χ2n) is 5.55. The van der Waals surface area contributed by atoms with Crippen molar-refractivity contribution in [3.05, 3.63) is 53.3 Å². The van der Waals surface area contributed by atoms with Crippen LogP contribution in [0.1, 0.15) is 18.1 Å². The molecule has 0 spiro atoms. The highest BCUT2D eigenvalue weighted by Gasteiger charge is 2.14. The summed E-state index contributed by atoms with van der Waals surface area (Å²) in [5.41, 5.74) is 2.32. The van der Waals surface area contributed by atoms with Crippen LogP contribution in [-0.2, 0) is 9.63 Å². The molecule has 0 saturated carbocycles. The van der Waals surface area contributed by atoms with Crippen molar-refractivity contribution in [2.75, 3.05) is 18.7 Å². The van der Waals surface area contributed by atoms with E-state index >= 15 is 0 Å². The van der Waals surface area contributed by atoms with Crippen molar-refractivity contribution < 1.29 is 23.5 Å². The number of rotatable bonds is 5. The summed E-state index contributed by atoms with van der Waals surface area (Å²) in [6, 6.07) is 9.86. The predicted molar refractivity (Wildman–Crippen MR) is 90.5 cm³/mol. The van der Waals surface area contributed by atoms with Gasteiger partial charge in [-0.3, -0.25) is 4.79 Å². The Hall–Kier alpha value is -3.09. The number of nitrogens with zero attached hydrogens (tertiary/aromatic N) is 1. The SMILES string of the molecule is C/C(=N\OCC(=O)Nc1cc(C)ccc1F)c1ccc2c(c1)OCO2. The number of hydrogen-bond donors (Lipinski definition) is 1. The Morgan fingerprint density at radius 1 is 1.24 bits per heavy atom. The molecule has 0 saturated heterocycles. The molecule has 0 bridgehead atoms. The minimum absolute atomic E-state index is 0.116. The Kier molecular flexibility index (Phi) is 4.83. The van der Waals surface area contributed by atoms with Crippen molar-refractivity contribution >= 4 is 17.3 Å². The van der Waals surface area contributed by atoms with Crippen LogP contribution < -0.4 is 14.8 Å². The van der Waals surface area contributed by atoms with Crippen molar-refractivity contribution in [3.63, 3.8) is 0 Å². The molecule has 25 heavy (non-hydrogen) atoms. The molecule has 2 aromatic carbocycles. The molecule has 0 unspecified atom stereocenters. The number of amides is 1. The maximum Gasteiger partial charge on any atom is 0.265 e. The van der Waals surface area contributed by atoms with E-state index in [1.54, 1.807) is 31.2 Å². The maximum atomic E-state index is 13.6. The molecule has 0 atom stereocenters. The van der Waals surface area contributed by atoms with Gasteiger partial charge in [-0.15, -0.1) is 0 Å². The minimum Gasteiger partial charge on any atom is -0.454 e. The Bertz CT molecular complexity index is 836. The van der Waals surface area contributed by atoms with Crippen molar-refractivity contribution in [2.24, 2.45) is 5.16 Å².